The van der Waals surface area contributed by atoms with Crippen molar-refractivity contribution in [2.24, 2.45) is 0 Å². The molecule has 0 aliphatic heterocycles. The van der Waals surface area contributed by atoms with Crippen molar-refractivity contribution in [3.05, 3.63) is 88.9 Å². The number of para-hydroxylation sites is 1. The Hall–Kier alpha value is -3.34. The SMILES string of the molecule is Cc1nn(Cc2ccccc2)c(C)c1CNC(=O)c1cc2ccccc2o1. The number of hydrogen-bond donors (Lipinski definition) is 1. The normalized spacial score (nSPS) is 11.0. The van der Waals surface area contributed by atoms with Crippen LogP contribution < -0.4 is 5.32 Å². The van der Waals surface area contributed by atoms with Crippen LogP contribution in [-0.2, 0) is 13.1 Å². The quantitative estimate of drug-likeness (QED) is 0.580. The van der Waals surface area contributed by atoms with Crippen LogP contribution >= 0.6 is 0 Å². The van der Waals surface area contributed by atoms with Crippen LogP contribution in [0.4, 0.5) is 0 Å². The molecular weight excluding hydrogens is 338 g/mol. The summed E-state index contributed by atoms with van der Waals surface area (Å²) in [6.07, 6.45) is 0. The molecule has 1 N–H and O–H groups in total. The van der Waals surface area contributed by atoms with E-state index in [1.165, 1.54) is 5.56 Å². The van der Waals surface area contributed by atoms with E-state index in [0.717, 1.165) is 22.3 Å². The standard InChI is InChI=1S/C22H21N3O2/c1-15-19(16(2)25(24-15)14-17-8-4-3-5-9-17)13-23-22(26)21-12-18-10-6-7-11-20(18)27-21/h3-12H,13-14H2,1-2H3,(H,23,26). The number of nitrogens with zero attached hydrogens (tertiary/aromatic N) is 2. The van der Waals surface area contributed by atoms with Crippen LogP contribution in [-0.4, -0.2) is 15.7 Å². The molecule has 4 aromatic rings. The minimum Gasteiger partial charge on any atom is -0.451 e. The van der Waals surface area contributed by atoms with Gasteiger partial charge in [-0.2, -0.15) is 5.10 Å². The van der Waals surface area contributed by atoms with Gasteiger partial charge in [-0.15, -0.1) is 0 Å². The van der Waals surface area contributed by atoms with E-state index < -0.39 is 0 Å². The molecule has 0 spiro atoms. The van der Waals surface area contributed by atoms with Crippen molar-refractivity contribution in [1.29, 1.82) is 0 Å². The first-order chi connectivity index (χ1) is 13.1. The van der Waals surface area contributed by atoms with Gasteiger partial charge in [0.1, 0.15) is 5.58 Å². The molecule has 0 unspecified atom stereocenters. The molecule has 2 heterocycles. The van der Waals surface area contributed by atoms with E-state index in [-0.39, 0.29) is 5.91 Å². The van der Waals surface area contributed by atoms with Crippen molar-refractivity contribution in [3.8, 4) is 0 Å². The van der Waals surface area contributed by atoms with Crippen molar-refractivity contribution in [3.63, 3.8) is 0 Å². The van der Waals surface area contributed by atoms with Crippen LogP contribution in [0.15, 0.2) is 65.1 Å². The number of amides is 1. The molecule has 0 atom stereocenters. The number of benzene rings is 2. The van der Waals surface area contributed by atoms with Crippen LogP contribution in [0.25, 0.3) is 11.0 Å². The molecular formula is C22H21N3O2. The number of aromatic nitrogens is 2. The predicted octanol–water partition coefficient (Wildman–Crippen LogP) is 4.22. The van der Waals surface area contributed by atoms with E-state index in [2.05, 4.69) is 22.5 Å². The first-order valence-electron chi connectivity index (χ1n) is 8.95. The van der Waals surface area contributed by atoms with Gasteiger partial charge in [0.2, 0.25) is 0 Å². The highest BCUT2D eigenvalue weighted by atomic mass is 16.3. The van der Waals surface area contributed by atoms with Crippen molar-refractivity contribution < 1.29 is 9.21 Å². The molecule has 0 bridgehead atoms. The third-order valence-electron chi connectivity index (χ3n) is 4.78. The second kappa shape index (κ2) is 7.11. The molecule has 0 aliphatic carbocycles. The molecule has 5 heteroatoms. The molecule has 0 fully saturated rings. The van der Waals surface area contributed by atoms with Gasteiger partial charge in [-0.1, -0.05) is 48.5 Å². The number of aryl methyl sites for hydroxylation is 1. The van der Waals surface area contributed by atoms with Gasteiger partial charge in [-0.05, 0) is 31.5 Å². The zero-order chi connectivity index (χ0) is 18.8. The number of carbonyl (C=O) groups excluding carboxylic acids is 1. The summed E-state index contributed by atoms with van der Waals surface area (Å²) in [5.41, 5.74) is 4.93. The van der Waals surface area contributed by atoms with Crippen molar-refractivity contribution in [2.75, 3.05) is 0 Å². The van der Waals surface area contributed by atoms with Gasteiger partial charge in [-0.3, -0.25) is 9.48 Å². The summed E-state index contributed by atoms with van der Waals surface area (Å²) in [7, 11) is 0. The summed E-state index contributed by atoms with van der Waals surface area (Å²) < 4.78 is 7.61. The van der Waals surface area contributed by atoms with Gasteiger partial charge in [-0.25, -0.2) is 0 Å². The molecule has 0 saturated carbocycles. The summed E-state index contributed by atoms with van der Waals surface area (Å²) >= 11 is 0. The van der Waals surface area contributed by atoms with Gasteiger partial charge in [0.05, 0.1) is 12.2 Å². The smallest absolute Gasteiger partial charge is 0.287 e. The van der Waals surface area contributed by atoms with Crippen LogP contribution in [0.5, 0.6) is 0 Å². The van der Waals surface area contributed by atoms with Crippen LogP contribution in [0.3, 0.4) is 0 Å². The highest BCUT2D eigenvalue weighted by Gasteiger charge is 2.15. The monoisotopic (exact) mass is 359 g/mol. The maximum atomic E-state index is 12.5. The Morgan fingerprint density at radius 1 is 1.07 bits per heavy atom. The van der Waals surface area contributed by atoms with Crippen molar-refractivity contribution in [1.82, 2.24) is 15.1 Å². The summed E-state index contributed by atoms with van der Waals surface area (Å²) in [5, 5.41) is 8.50. The van der Waals surface area contributed by atoms with E-state index in [0.29, 0.717) is 24.4 Å². The second-order valence-electron chi connectivity index (χ2n) is 6.62. The van der Waals surface area contributed by atoms with E-state index in [1.54, 1.807) is 6.07 Å². The third kappa shape index (κ3) is 3.49. The molecule has 136 valence electrons. The third-order valence-corrected chi connectivity index (χ3v) is 4.78. The molecule has 4 rings (SSSR count). The fourth-order valence-electron chi connectivity index (χ4n) is 3.25. The zero-order valence-electron chi connectivity index (χ0n) is 15.4. The molecule has 0 aliphatic rings. The lowest BCUT2D eigenvalue weighted by Gasteiger charge is -2.06. The Balaban J connectivity index is 1.48. The summed E-state index contributed by atoms with van der Waals surface area (Å²) in [5.74, 6) is 0.101. The van der Waals surface area contributed by atoms with Crippen molar-refractivity contribution >= 4 is 16.9 Å². The minimum atomic E-state index is -0.221. The van der Waals surface area contributed by atoms with E-state index in [4.69, 9.17) is 4.42 Å². The Bertz CT molecular complexity index is 1060. The predicted molar refractivity (Wildman–Crippen MR) is 105 cm³/mol. The lowest BCUT2D eigenvalue weighted by molar-refractivity contribution is 0.0925. The highest BCUT2D eigenvalue weighted by Crippen LogP contribution is 2.19. The van der Waals surface area contributed by atoms with E-state index >= 15 is 0 Å². The fourth-order valence-corrected chi connectivity index (χ4v) is 3.25. The number of furan rings is 1. The largest absolute Gasteiger partial charge is 0.451 e. The van der Waals surface area contributed by atoms with Crippen LogP contribution in [0.2, 0.25) is 0 Å². The average Bonchev–Trinajstić information content (AvgIpc) is 3.22. The van der Waals surface area contributed by atoms with Gasteiger partial charge < -0.3 is 9.73 Å². The number of nitrogens with one attached hydrogen (secondary N) is 1. The molecule has 27 heavy (non-hydrogen) atoms. The number of fused-ring (bicyclic) bond motifs is 1. The van der Waals surface area contributed by atoms with Gasteiger partial charge in [0.15, 0.2) is 5.76 Å². The average molecular weight is 359 g/mol. The highest BCUT2D eigenvalue weighted by molar-refractivity contribution is 5.96. The van der Waals surface area contributed by atoms with Crippen molar-refractivity contribution in [2.45, 2.75) is 26.9 Å². The van der Waals surface area contributed by atoms with Gasteiger partial charge in [0.25, 0.3) is 5.91 Å². The first kappa shape index (κ1) is 17.1. The Morgan fingerprint density at radius 2 is 1.81 bits per heavy atom. The lowest BCUT2D eigenvalue weighted by atomic mass is 10.2. The van der Waals surface area contributed by atoms with Crippen LogP contribution in [0, 0.1) is 13.8 Å². The van der Waals surface area contributed by atoms with Gasteiger partial charge in [0, 0.05) is 23.2 Å². The van der Waals surface area contributed by atoms with E-state index in [9.17, 15) is 4.79 Å². The molecule has 0 radical (unpaired) electrons. The number of rotatable bonds is 5. The fraction of sp³-hybridized carbons (Fsp3) is 0.182. The maximum Gasteiger partial charge on any atom is 0.287 e. The second-order valence-corrected chi connectivity index (χ2v) is 6.62. The Kier molecular flexibility index (Phi) is 4.50. The molecule has 1 amide bonds. The van der Waals surface area contributed by atoms with Crippen LogP contribution in [0.1, 0.15) is 33.1 Å². The number of hydrogen-bond acceptors (Lipinski definition) is 3. The Labute approximate surface area is 157 Å². The first-order valence-corrected chi connectivity index (χ1v) is 8.95. The summed E-state index contributed by atoms with van der Waals surface area (Å²) in [4.78, 5) is 12.5. The maximum absolute atomic E-state index is 12.5. The summed E-state index contributed by atoms with van der Waals surface area (Å²) in [6, 6.07) is 19.6. The zero-order valence-corrected chi connectivity index (χ0v) is 15.4. The minimum absolute atomic E-state index is 0.221. The Morgan fingerprint density at radius 3 is 2.59 bits per heavy atom. The van der Waals surface area contributed by atoms with Gasteiger partial charge >= 0.3 is 0 Å². The van der Waals surface area contributed by atoms with E-state index in [1.807, 2.05) is 61.0 Å². The topological polar surface area (TPSA) is 60.1 Å². The molecule has 5 nitrogen and oxygen atoms in total. The molecule has 0 saturated heterocycles. The summed E-state index contributed by atoms with van der Waals surface area (Å²) in [6.45, 7) is 5.14. The lowest BCUT2D eigenvalue weighted by Crippen LogP contribution is -2.23. The number of carbonyl (C=O) groups is 1. The molecule has 2 aromatic carbocycles. The molecule has 2 aromatic heterocycles.